The van der Waals surface area contributed by atoms with Gasteiger partial charge in [-0.2, -0.15) is 4.99 Å². The number of carbonyl (C=O) groups is 2. The van der Waals surface area contributed by atoms with Gasteiger partial charge in [-0.25, -0.2) is 4.98 Å². The highest BCUT2D eigenvalue weighted by atomic mass is 35.5. The maximum atomic E-state index is 12.4. The first kappa shape index (κ1) is 54.0. The van der Waals surface area contributed by atoms with E-state index in [1.165, 1.54) is 0 Å². The average Bonchev–Trinajstić information content (AvgIpc) is 3.64. The minimum Gasteiger partial charge on any atom is -0.457 e. The van der Waals surface area contributed by atoms with Crippen molar-refractivity contribution in [3.63, 3.8) is 0 Å². The Labute approximate surface area is 440 Å². The average molecular weight is 1050 g/mol. The molecule has 0 bridgehead atoms. The number of imidazole rings is 1. The van der Waals surface area contributed by atoms with E-state index in [1.54, 1.807) is 63.0 Å². The topological polar surface area (TPSA) is 184 Å². The molecule has 16 nitrogen and oxygen atoms in total. The number of Topliss-reactive ketones (excluding diaryl/α,β-unsaturated/α-hetero) is 2. The zero-order chi connectivity index (χ0) is 52.0. The van der Waals surface area contributed by atoms with Crippen LogP contribution in [0.15, 0.2) is 114 Å². The lowest BCUT2D eigenvalue weighted by Crippen LogP contribution is -2.53. The number of nitrogens with two attached hydrogens (primary N) is 1. The molecule has 9 rings (SSSR count). The number of anilines is 4. The van der Waals surface area contributed by atoms with Gasteiger partial charge in [0.25, 0.3) is 0 Å². The summed E-state index contributed by atoms with van der Waals surface area (Å²) in [5, 5.41) is 9.84. The molecule has 0 spiro atoms. The lowest BCUT2D eigenvalue weighted by Gasteiger charge is -2.37. The number of isothiocyanates is 1. The van der Waals surface area contributed by atoms with Gasteiger partial charge in [0.15, 0.2) is 11.6 Å². The van der Waals surface area contributed by atoms with Gasteiger partial charge >= 0.3 is 0 Å². The summed E-state index contributed by atoms with van der Waals surface area (Å²) in [6, 6.07) is 29.7. The lowest BCUT2D eigenvalue weighted by atomic mass is 10.1. The molecule has 7 aromatic rings. The maximum absolute atomic E-state index is 12.4. The number of ether oxygens (including phenoxy) is 4. The van der Waals surface area contributed by atoms with Gasteiger partial charge < -0.3 is 39.9 Å². The Morgan fingerprint density at radius 3 is 1.81 bits per heavy atom. The van der Waals surface area contributed by atoms with E-state index < -0.39 is 0 Å². The molecule has 0 unspecified atom stereocenters. The van der Waals surface area contributed by atoms with Gasteiger partial charge in [0, 0.05) is 91.2 Å². The number of aliphatic imine (C=N–C) groups is 1. The number of likely N-dealkylation sites (tertiary alicyclic amines) is 2. The van der Waals surface area contributed by atoms with Crippen molar-refractivity contribution in [2.24, 2.45) is 12.0 Å². The van der Waals surface area contributed by atoms with E-state index in [4.69, 9.17) is 52.9 Å². The first-order valence-corrected chi connectivity index (χ1v) is 24.6. The molecule has 2 aliphatic heterocycles. The fraction of sp³-hybridized carbons (Fsp3) is 0.296. The Bertz CT molecular complexity index is 3100. The highest BCUT2D eigenvalue weighted by molar-refractivity contribution is 7.78. The molecule has 2 saturated heterocycles. The molecular formula is C54H58Cl2N10O6S. The molecule has 2 fully saturated rings. The van der Waals surface area contributed by atoms with Crippen molar-refractivity contribution >= 4 is 91.9 Å². The molecule has 5 heterocycles. The van der Waals surface area contributed by atoms with Gasteiger partial charge in [0.05, 0.1) is 98.5 Å². The van der Waals surface area contributed by atoms with E-state index >= 15 is 0 Å². The minimum absolute atomic E-state index is 0.123. The molecule has 0 atom stereocenters. The molecule has 0 amide bonds. The van der Waals surface area contributed by atoms with Crippen molar-refractivity contribution in [2.75, 3.05) is 76.9 Å². The highest BCUT2D eigenvalue weighted by Gasteiger charge is 2.29. The second kappa shape index (κ2) is 25.7. The molecule has 2 aliphatic rings. The number of methoxy groups -OCH3 is 2. The van der Waals surface area contributed by atoms with Crippen LogP contribution < -0.4 is 25.8 Å². The summed E-state index contributed by atoms with van der Waals surface area (Å²) in [6.45, 7) is 8.03. The molecule has 0 radical (unpaired) electrons. The first-order chi connectivity index (χ1) is 35.2. The summed E-state index contributed by atoms with van der Waals surface area (Å²) in [5.41, 5.74) is 14.2. The normalized spacial score (nSPS) is 13.5. The summed E-state index contributed by atoms with van der Waals surface area (Å²) in [7, 11) is 7.15. The summed E-state index contributed by atoms with van der Waals surface area (Å²) in [5.74, 6) is 3.47. The molecule has 3 aromatic heterocycles. The van der Waals surface area contributed by atoms with Gasteiger partial charge in [0.1, 0.15) is 23.0 Å². The number of ketones is 2. The third kappa shape index (κ3) is 15.4. The van der Waals surface area contributed by atoms with Crippen LogP contribution in [0.2, 0.25) is 10.0 Å². The molecule has 4 aromatic carbocycles. The van der Waals surface area contributed by atoms with Gasteiger partial charge in [0.2, 0.25) is 5.95 Å². The van der Waals surface area contributed by atoms with E-state index in [-0.39, 0.29) is 36.6 Å². The van der Waals surface area contributed by atoms with Crippen LogP contribution in [0.25, 0.3) is 11.0 Å². The molecule has 4 N–H and O–H groups in total. The molecule has 73 heavy (non-hydrogen) atoms. The number of nitrogens with zero attached hydrogens (tertiary/aromatic N) is 7. The van der Waals surface area contributed by atoms with Crippen LogP contribution >= 0.6 is 35.4 Å². The quantitative estimate of drug-likeness (QED) is 0.0419. The van der Waals surface area contributed by atoms with Crippen LogP contribution in [0.3, 0.4) is 0 Å². The van der Waals surface area contributed by atoms with E-state index in [9.17, 15) is 9.59 Å². The number of rotatable bonds is 18. The SMILES string of the molecule is CNc1ccc(Oc2ccnc(CC(=O)CN3CC(OC)C3)c2)cc1N.COC1CN(CC(=O)Cc2cc(Oc3ccc4c(c3)nc(Nc3cc(C)ccc3Cl)n4C)ccn2)C1.Cc1ccc(Cl)c(N=C=S)c1. The Morgan fingerprint density at radius 2 is 1.26 bits per heavy atom. The fourth-order valence-electron chi connectivity index (χ4n) is 7.92. The minimum atomic E-state index is 0.123. The zero-order valence-corrected chi connectivity index (χ0v) is 43.9. The van der Waals surface area contributed by atoms with E-state index in [0.29, 0.717) is 74.8 Å². The van der Waals surface area contributed by atoms with Crippen LogP contribution in [-0.2, 0) is 39.0 Å². The number of hydrogen-bond acceptors (Lipinski definition) is 16. The summed E-state index contributed by atoms with van der Waals surface area (Å²) >= 11 is 16.6. The van der Waals surface area contributed by atoms with Crippen molar-refractivity contribution in [3.8, 4) is 23.0 Å². The van der Waals surface area contributed by atoms with Crippen molar-refractivity contribution in [2.45, 2.75) is 38.9 Å². The third-order valence-corrected chi connectivity index (χ3v) is 12.6. The number of carbonyl (C=O) groups excluding carboxylic acids is 2. The Balaban J connectivity index is 0.000000183. The van der Waals surface area contributed by atoms with Crippen LogP contribution in [-0.4, -0.2) is 119 Å². The molecule has 0 saturated carbocycles. The summed E-state index contributed by atoms with van der Waals surface area (Å²) < 4.78 is 24.4. The van der Waals surface area contributed by atoms with Crippen molar-refractivity contribution in [3.05, 3.63) is 142 Å². The molecular weight excluding hydrogens is 988 g/mol. The molecule has 19 heteroatoms. The number of nitrogen functional groups attached to an aromatic ring is 1. The van der Waals surface area contributed by atoms with Crippen LogP contribution in [0.4, 0.5) is 28.7 Å². The number of aryl methyl sites for hydroxylation is 3. The molecule has 0 aliphatic carbocycles. The third-order valence-electron chi connectivity index (χ3n) is 11.9. The number of thiocarbonyl (C=S) groups is 1. The van der Waals surface area contributed by atoms with Gasteiger partial charge in [-0.3, -0.25) is 29.4 Å². The summed E-state index contributed by atoms with van der Waals surface area (Å²) in [4.78, 5) is 45.9. The summed E-state index contributed by atoms with van der Waals surface area (Å²) in [6.07, 6.45) is 4.34. The molecule has 380 valence electrons. The van der Waals surface area contributed by atoms with Crippen LogP contribution in [0.1, 0.15) is 22.5 Å². The van der Waals surface area contributed by atoms with E-state index in [2.05, 4.69) is 52.8 Å². The van der Waals surface area contributed by atoms with E-state index in [1.807, 2.05) is 93.2 Å². The number of aromatic nitrogens is 4. The maximum Gasteiger partial charge on any atom is 0.208 e. The smallest absolute Gasteiger partial charge is 0.208 e. The second-order valence-electron chi connectivity index (χ2n) is 17.6. The standard InChI is InChI=1S/C27H28ClN5O3.C19H24N4O3.C8H6ClNS/c1-17-4-6-23(28)24(10-17)30-27-31-25-13-20(5-7-26(25)32(27)2)36-21-8-9-29-18(12-21)11-19(34)14-33-15-22(16-33)35-3;1-21-19-4-3-15(9-18(19)20)26-16-5-6-22-13(8-16)7-14(24)10-23-11-17(12-23)25-2;1-6-2-3-7(9)8(4-6)10-5-11/h4-10,12-13,22H,11,14-16H2,1-3H3,(H,30,31);3-6,8-9,17,21H,7,10-12,20H2,1-2H3;2-4H,1H3. The number of benzene rings is 4. The van der Waals surface area contributed by atoms with E-state index in [0.717, 1.165) is 59.7 Å². The Kier molecular flexibility index (Phi) is 19.0. The van der Waals surface area contributed by atoms with Gasteiger partial charge in [-0.05, 0) is 97.9 Å². The highest BCUT2D eigenvalue weighted by Crippen LogP contribution is 2.32. The first-order valence-electron chi connectivity index (χ1n) is 23.4. The Hall–Kier alpha value is -6.79. The number of pyridine rings is 2. The van der Waals surface area contributed by atoms with Crippen LogP contribution in [0.5, 0.6) is 23.0 Å². The van der Waals surface area contributed by atoms with Crippen molar-refractivity contribution < 1.29 is 28.5 Å². The van der Waals surface area contributed by atoms with Crippen molar-refractivity contribution in [1.29, 1.82) is 0 Å². The van der Waals surface area contributed by atoms with Crippen LogP contribution in [0, 0.1) is 13.8 Å². The zero-order valence-electron chi connectivity index (χ0n) is 41.5. The number of nitrogens with one attached hydrogen (secondary N) is 2. The number of fused-ring (bicyclic) bond motifs is 1. The Morgan fingerprint density at radius 1 is 0.726 bits per heavy atom. The predicted molar refractivity (Wildman–Crippen MR) is 292 cm³/mol. The van der Waals surface area contributed by atoms with Crippen molar-refractivity contribution in [1.82, 2.24) is 29.3 Å². The number of halogens is 2. The second-order valence-corrected chi connectivity index (χ2v) is 18.6. The van der Waals surface area contributed by atoms with Gasteiger partial charge in [-0.1, -0.05) is 35.3 Å². The fourth-order valence-corrected chi connectivity index (χ4v) is 8.34. The van der Waals surface area contributed by atoms with Gasteiger partial charge in [-0.15, -0.1) is 0 Å². The lowest BCUT2D eigenvalue weighted by molar-refractivity contribution is -0.123. The predicted octanol–water partition coefficient (Wildman–Crippen LogP) is 10.2. The number of hydrogen-bond donors (Lipinski definition) is 3. The largest absolute Gasteiger partial charge is 0.457 e. The monoisotopic (exact) mass is 1040 g/mol.